The monoisotopic (exact) mass is 552 g/mol. The molecule has 2 amide bonds. The number of Topliss-reactive ketones (excluding diaryl/α,β-unsaturated/α-hetero) is 1. The number of rotatable bonds is 7. The van der Waals surface area contributed by atoms with E-state index >= 15 is 0 Å². The lowest BCUT2D eigenvalue weighted by Gasteiger charge is -2.23. The number of carbonyl (C=O) groups is 2. The van der Waals surface area contributed by atoms with E-state index in [0.29, 0.717) is 25.3 Å². The zero-order valence-electron chi connectivity index (χ0n) is 20.8. The number of ketones is 1. The number of amides is 2. The minimum Gasteiger partial charge on any atom is -0.428 e. The van der Waals surface area contributed by atoms with Gasteiger partial charge in [0.05, 0.1) is 12.1 Å². The molecule has 2 N–H and O–H groups in total. The number of hydrogen-bond acceptors (Lipinski definition) is 3. The van der Waals surface area contributed by atoms with Crippen molar-refractivity contribution in [2.75, 3.05) is 0 Å². The second kappa shape index (κ2) is 13.2. The highest BCUT2D eigenvalue weighted by molar-refractivity contribution is 5.90. The molecular weight excluding hydrogens is 526 g/mol. The molecule has 4 rings (SSSR count). The molecule has 0 saturated heterocycles. The molecule has 5 nitrogen and oxygen atoms in total. The Morgan fingerprint density at radius 1 is 0.949 bits per heavy atom. The normalized spacial score (nSPS) is 15.8. The quantitative estimate of drug-likeness (QED) is 0.321. The van der Waals surface area contributed by atoms with Gasteiger partial charge in [-0.05, 0) is 55.2 Å². The highest BCUT2D eigenvalue weighted by Gasteiger charge is 2.44. The molecule has 3 aromatic rings. The lowest BCUT2D eigenvalue weighted by molar-refractivity contribution is -0.253. The van der Waals surface area contributed by atoms with Crippen molar-refractivity contribution in [2.45, 2.75) is 50.8 Å². The minimum absolute atomic E-state index is 0.135. The molecule has 3 aromatic carbocycles. The lowest BCUT2D eigenvalue weighted by atomic mass is 9.98. The molecule has 0 aromatic heterocycles. The molecule has 39 heavy (non-hydrogen) atoms. The lowest BCUT2D eigenvalue weighted by Crippen LogP contribution is -2.45. The van der Waals surface area contributed by atoms with Gasteiger partial charge in [-0.3, -0.25) is 4.79 Å². The van der Waals surface area contributed by atoms with Crippen LogP contribution in [0.4, 0.5) is 31.1 Å². The third kappa shape index (κ3) is 8.76. The molecular formula is C28H26F6N2O3. The van der Waals surface area contributed by atoms with Gasteiger partial charge in [-0.2, -0.15) is 17.6 Å². The van der Waals surface area contributed by atoms with E-state index in [0.717, 1.165) is 24.3 Å². The van der Waals surface area contributed by atoms with E-state index in [-0.39, 0.29) is 16.9 Å². The van der Waals surface area contributed by atoms with Crippen LogP contribution in [0.3, 0.4) is 0 Å². The van der Waals surface area contributed by atoms with Crippen LogP contribution in [-0.4, -0.2) is 30.4 Å². The number of halogens is 6. The number of nitrogens with one attached hydrogen (secondary N) is 2. The summed E-state index contributed by atoms with van der Waals surface area (Å²) in [7, 11) is 0. The van der Waals surface area contributed by atoms with Crippen LogP contribution in [0.15, 0.2) is 72.8 Å². The number of benzene rings is 3. The van der Waals surface area contributed by atoms with Crippen molar-refractivity contribution in [2.24, 2.45) is 0 Å². The molecule has 0 spiro atoms. The van der Waals surface area contributed by atoms with Crippen LogP contribution in [0.25, 0.3) is 0 Å². The molecule has 2 atom stereocenters. The van der Waals surface area contributed by atoms with E-state index in [1.165, 1.54) is 17.7 Å². The molecule has 1 saturated carbocycles. The Balaban J connectivity index is 0.000000520. The van der Waals surface area contributed by atoms with Gasteiger partial charge in [-0.25, -0.2) is 13.6 Å². The first-order chi connectivity index (χ1) is 18.4. The first kappa shape index (κ1) is 29.5. The molecule has 1 fully saturated rings. The van der Waals surface area contributed by atoms with Crippen LogP contribution in [0, 0.1) is 18.6 Å². The second-order valence-corrected chi connectivity index (χ2v) is 8.85. The minimum atomic E-state index is -4.87. The van der Waals surface area contributed by atoms with E-state index in [4.69, 9.17) is 0 Å². The van der Waals surface area contributed by atoms with Gasteiger partial charge < -0.3 is 15.4 Å². The van der Waals surface area contributed by atoms with Gasteiger partial charge in [0.15, 0.2) is 5.78 Å². The van der Waals surface area contributed by atoms with Crippen LogP contribution >= 0.6 is 0 Å². The summed E-state index contributed by atoms with van der Waals surface area (Å²) in [5.41, 5.74) is 1.42. The van der Waals surface area contributed by atoms with E-state index in [2.05, 4.69) is 34.4 Å². The van der Waals surface area contributed by atoms with Gasteiger partial charge in [0, 0.05) is 12.5 Å². The summed E-state index contributed by atoms with van der Waals surface area (Å²) >= 11 is 0. The summed E-state index contributed by atoms with van der Waals surface area (Å²) in [6, 6.07) is 14.4. The zero-order valence-corrected chi connectivity index (χ0v) is 20.8. The van der Waals surface area contributed by atoms with Crippen molar-refractivity contribution in [3.8, 4) is 5.75 Å². The van der Waals surface area contributed by atoms with Crippen LogP contribution in [0.5, 0.6) is 5.75 Å². The Morgan fingerprint density at radius 3 is 2.15 bits per heavy atom. The predicted octanol–water partition coefficient (Wildman–Crippen LogP) is 6.71. The van der Waals surface area contributed by atoms with Gasteiger partial charge in [-0.1, -0.05) is 48.0 Å². The fourth-order valence-corrected chi connectivity index (χ4v) is 3.86. The fraction of sp³-hybridized carbons (Fsp3) is 0.286. The van der Waals surface area contributed by atoms with E-state index in [9.17, 15) is 35.9 Å². The van der Waals surface area contributed by atoms with Gasteiger partial charge >= 0.3 is 18.6 Å². The molecule has 1 aliphatic carbocycles. The van der Waals surface area contributed by atoms with Crippen LogP contribution < -0.4 is 15.4 Å². The van der Waals surface area contributed by atoms with Crippen molar-refractivity contribution in [3.05, 3.63) is 101 Å². The largest absolute Gasteiger partial charge is 0.461 e. The number of ether oxygens (including phenoxy) is 1. The molecule has 0 unspecified atom stereocenters. The van der Waals surface area contributed by atoms with E-state index < -0.39 is 48.0 Å². The maximum atomic E-state index is 14.1. The molecule has 0 heterocycles. The third-order valence-corrected chi connectivity index (χ3v) is 5.76. The first-order valence-electron chi connectivity index (χ1n) is 12.0. The standard InChI is InChI=1S/C21H18F6N2O3.C7H8/c22-13-6-4-11(5-7-13)18(29-20(31)28-16-2-1-3-17(16)30)12-8-14(23)10-15(9-12)32-21(26,27)19(24)25;1-7-5-3-2-4-6-7/h4-10,16,18-19H,1-3H2,(H2,28,29,31);2-6H,1H3/t16-,18-;/m1./s1. The smallest absolute Gasteiger partial charge is 0.428 e. The number of carbonyl (C=O) groups excluding carboxylic acids is 2. The number of aryl methyl sites for hydroxylation is 1. The summed E-state index contributed by atoms with van der Waals surface area (Å²) in [6.07, 6.45) is -7.67. The molecule has 208 valence electrons. The Bertz CT molecular complexity index is 1260. The molecule has 0 aliphatic heterocycles. The average molecular weight is 553 g/mol. The van der Waals surface area contributed by atoms with Gasteiger partial charge in [0.25, 0.3) is 0 Å². The van der Waals surface area contributed by atoms with Gasteiger partial charge in [0.1, 0.15) is 17.4 Å². The van der Waals surface area contributed by atoms with E-state index in [1.807, 2.05) is 18.2 Å². The van der Waals surface area contributed by atoms with Gasteiger partial charge in [-0.15, -0.1) is 0 Å². The highest BCUT2D eigenvalue weighted by atomic mass is 19.3. The summed E-state index contributed by atoms with van der Waals surface area (Å²) < 4.78 is 82.9. The number of alkyl halides is 4. The maximum absolute atomic E-state index is 14.1. The fourth-order valence-electron chi connectivity index (χ4n) is 3.86. The summed E-state index contributed by atoms with van der Waals surface area (Å²) in [6.45, 7) is 2.08. The van der Waals surface area contributed by atoms with E-state index in [1.54, 1.807) is 0 Å². The summed E-state index contributed by atoms with van der Waals surface area (Å²) in [5.74, 6) is -2.75. The first-order valence-corrected chi connectivity index (χ1v) is 12.0. The Hall–Kier alpha value is -4.02. The molecule has 1 aliphatic rings. The third-order valence-electron chi connectivity index (χ3n) is 5.76. The Kier molecular flexibility index (Phi) is 9.97. The average Bonchev–Trinajstić information content (AvgIpc) is 3.27. The van der Waals surface area contributed by atoms with Crippen molar-refractivity contribution < 1.29 is 40.7 Å². The van der Waals surface area contributed by atoms with Crippen molar-refractivity contribution in [1.82, 2.24) is 10.6 Å². The zero-order chi connectivity index (χ0) is 28.6. The molecule has 0 radical (unpaired) electrons. The summed E-state index contributed by atoms with van der Waals surface area (Å²) in [5, 5.41) is 4.95. The van der Waals surface area contributed by atoms with Crippen molar-refractivity contribution in [1.29, 1.82) is 0 Å². The van der Waals surface area contributed by atoms with Crippen LogP contribution in [-0.2, 0) is 4.79 Å². The molecule has 11 heteroatoms. The Morgan fingerprint density at radius 2 is 1.62 bits per heavy atom. The van der Waals surface area contributed by atoms with Crippen molar-refractivity contribution in [3.63, 3.8) is 0 Å². The van der Waals surface area contributed by atoms with Crippen molar-refractivity contribution >= 4 is 11.8 Å². The highest BCUT2D eigenvalue weighted by Crippen LogP contribution is 2.32. The molecule has 0 bridgehead atoms. The van der Waals surface area contributed by atoms with Crippen LogP contribution in [0.1, 0.15) is 42.0 Å². The number of hydrogen-bond donors (Lipinski definition) is 2. The van der Waals surface area contributed by atoms with Crippen LogP contribution in [0.2, 0.25) is 0 Å². The topological polar surface area (TPSA) is 67.4 Å². The predicted molar refractivity (Wildman–Crippen MR) is 132 cm³/mol. The van der Waals surface area contributed by atoms with Gasteiger partial charge in [0.2, 0.25) is 0 Å². The summed E-state index contributed by atoms with van der Waals surface area (Å²) in [4.78, 5) is 24.2. The number of urea groups is 1. The second-order valence-electron chi connectivity index (χ2n) is 8.85. The SMILES string of the molecule is Cc1ccccc1.O=C(N[C@H](c1ccc(F)cc1)c1cc(F)cc(OC(F)(F)C(F)F)c1)N[C@@H]1CCCC1=O. The Labute approximate surface area is 221 Å². The maximum Gasteiger partial charge on any atom is 0.461 e.